The van der Waals surface area contributed by atoms with Gasteiger partial charge in [-0.2, -0.15) is 0 Å². The molecule has 1 aliphatic heterocycles. The van der Waals surface area contributed by atoms with Crippen LogP contribution in [0.5, 0.6) is 0 Å². The molecule has 1 unspecified atom stereocenters. The smallest absolute Gasteiger partial charge is 0.268 e. The van der Waals surface area contributed by atoms with Crippen molar-refractivity contribution in [1.29, 1.82) is 0 Å². The lowest BCUT2D eigenvalue weighted by Gasteiger charge is -2.29. The van der Waals surface area contributed by atoms with Gasteiger partial charge in [0.2, 0.25) is 0 Å². The highest BCUT2D eigenvalue weighted by Crippen LogP contribution is 2.25. The van der Waals surface area contributed by atoms with Crippen molar-refractivity contribution >= 4 is 29.1 Å². The van der Waals surface area contributed by atoms with E-state index in [2.05, 4.69) is 10.2 Å². The zero-order valence-corrected chi connectivity index (χ0v) is 13.2. The van der Waals surface area contributed by atoms with Crippen LogP contribution in [0.1, 0.15) is 17.4 Å². The molecule has 1 atom stereocenters. The molecule has 0 spiro atoms. The fourth-order valence-corrected chi connectivity index (χ4v) is 2.65. The van der Waals surface area contributed by atoms with Gasteiger partial charge in [-0.25, -0.2) is 0 Å². The zero-order valence-electron chi connectivity index (χ0n) is 11.7. The number of aromatic nitrogens is 1. The molecule has 2 heterocycles. The van der Waals surface area contributed by atoms with Crippen molar-refractivity contribution in [1.82, 2.24) is 14.8 Å². The molecule has 1 aromatic rings. The van der Waals surface area contributed by atoms with Crippen LogP contribution < -0.4 is 5.32 Å². The molecular formula is C13H19Cl2N3O2. The summed E-state index contributed by atoms with van der Waals surface area (Å²) < 4.78 is 6.89. The topological polar surface area (TPSA) is 46.5 Å². The monoisotopic (exact) mass is 319 g/mol. The van der Waals surface area contributed by atoms with E-state index in [4.69, 9.17) is 27.9 Å². The Kier molecular flexibility index (Phi) is 5.32. The highest BCUT2D eigenvalue weighted by molar-refractivity contribution is 6.41. The second-order valence-electron chi connectivity index (χ2n) is 5.01. The molecule has 0 aliphatic carbocycles. The van der Waals surface area contributed by atoms with E-state index < -0.39 is 0 Å². The van der Waals surface area contributed by atoms with E-state index in [1.165, 1.54) is 0 Å². The van der Waals surface area contributed by atoms with Gasteiger partial charge in [-0.3, -0.25) is 9.69 Å². The lowest BCUT2D eigenvalue weighted by Crippen LogP contribution is -2.46. The second kappa shape index (κ2) is 6.80. The van der Waals surface area contributed by atoms with Crippen LogP contribution in [0.4, 0.5) is 0 Å². The van der Waals surface area contributed by atoms with Gasteiger partial charge in [0.15, 0.2) is 0 Å². The van der Waals surface area contributed by atoms with Crippen molar-refractivity contribution in [3.05, 3.63) is 21.9 Å². The van der Waals surface area contributed by atoms with Gasteiger partial charge in [0.25, 0.3) is 5.91 Å². The minimum Gasteiger partial charge on any atom is -0.379 e. The molecule has 1 saturated heterocycles. The van der Waals surface area contributed by atoms with E-state index in [0.717, 1.165) is 32.8 Å². The van der Waals surface area contributed by atoms with Crippen LogP contribution in [0, 0.1) is 0 Å². The molecule has 2 rings (SSSR count). The maximum Gasteiger partial charge on any atom is 0.268 e. The number of nitrogens with one attached hydrogen (secondary N) is 1. The van der Waals surface area contributed by atoms with Crippen molar-refractivity contribution in [2.45, 2.75) is 13.0 Å². The molecule has 0 bridgehead atoms. The van der Waals surface area contributed by atoms with Crippen LogP contribution in [0.25, 0.3) is 0 Å². The van der Waals surface area contributed by atoms with Crippen molar-refractivity contribution in [3.8, 4) is 0 Å². The normalized spacial score (nSPS) is 18.0. The van der Waals surface area contributed by atoms with E-state index >= 15 is 0 Å². The summed E-state index contributed by atoms with van der Waals surface area (Å²) in [5.74, 6) is -0.165. The first kappa shape index (κ1) is 15.6. The number of hydrogen-bond acceptors (Lipinski definition) is 3. The third-order valence-electron chi connectivity index (χ3n) is 3.36. The molecule has 112 valence electrons. The SMILES string of the molecule is CC(CN1CCOCC1)NC(=O)c1cc(Cl)c(Cl)n1C. The Morgan fingerprint density at radius 1 is 1.45 bits per heavy atom. The van der Waals surface area contributed by atoms with Gasteiger partial charge >= 0.3 is 0 Å². The molecular weight excluding hydrogens is 301 g/mol. The third-order valence-corrected chi connectivity index (χ3v) is 4.20. The maximum atomic E-state index is 12.2. The van der Waals surface area contributed by atoms with Gasteiger partial charge in [0, 0.05) is 32.7 Å². The van der Waals surface area contributed by atoms with E-state index in [1.54, 1.807) is 17.7 Å². The lowest BCUT2D eigenvalue weighted by atomic mass is 10.2. The van der Waals surface area contributed by atoms with Crippen LogP contribution in [-0.2, 0) is 11.8 Å². The largest absolute Gasteiger partial charge is 0.379 e. The van der Waals surface area contributed by atoms with Gasteiger partial charge in [-0.15, -0.1) is 0 Å². The molecule has 7 heteroatoms. The molecule has 0 aromatic carbocycles. The van der Waals surface area contributed by atoms with E-state index in [0.29, 0.717) is 15.9 Å². The van der Waals surface area contributed by atoms with Crippen molar-refractivity contribution in [3.63, 3.8) is 0 Å². The summed E-state index contributed by atoms with van der Waals surface area (Å²) in [4.78, 5) is 14.5. The average Bonchev–Trinajstić information content (AvgIpc) is 2.67. The highest BCUT2D eigenvalue weighted by atomic mass is 35.5. The number of morpholine rings is 1. The maximum absolute atomic E-state index is 12.2. The summed E-state index contributed by atoms with van der Waals surface area (Å²) in [6.07, 6.45) is 0. The van der Waals surface area contributed by atoms with Crippen LogP contribution in [0.3, 0.4) is 0 Å². The van der Waals surface area contributed by atoms with Gasteiger partial charge in [0.05, 0.1) is 18.2 Å². The van der Waals surface area contributed by atoms with Crippen molar-refractivity contribution in [2.75, 3.05) is 32.8 Å². The number of carbonyl (C=O) groups is 1. The molecule has 0 radical (unpaired) electrons. The Morgan fingerprint density at radius 3 is 2.65 bits per heavy atom. The Labute approximate surface area is 128 Å². The first-order valence-corrected chi connectivity index (χ1v) is 7.36. The average molecular weight is 320 g/mol. The van der Waals surface area contributed by atoms with Crippen LogP contribution in [-0.4, -0.2) is 54.3 Å². The lowest BCUT2D eigenvalue weighted by molar-refractivity contribution is 0.0342. The number of rotatable bonds is 4. The van der Waals surface area contributed by atoms with Gasteiger partial charge < -0.3 is 14.6 Å². The minimum atomic E-state index is -0.165. The Balaban J connectivity index is 1.91. The van der Waals surface area contributed by atoms with Gasteiger partial charge in [0.1, 0.15) is 10.8 Å². The van der Waals surface area contributed by atoms with E-state index in [9.17, 15) is 4.79 Å². The molecule has 1 aromatic heterocycles. The van der Waals surface area contributed by atoms with Crippen molar-refractivity contribution in [2.24, 2.45) is 7.05 Å². The Morgan fingerprint density at radius 2 is 2.10 bits per heavy atom. The van der Waals surface area contributed by atoms with Crippen LogP contribution in [0.15, 0.2) is 6.07 Å². The summed E-state index contributed by atoms with van der Waals surface area (Å²) in [6.45, 7) is 6.11. The summed E-state index contributed by atoms with van der Waals surface area (Å²) in [6, 6.07) is 1.63. The number of nitrogens with zero attached hydrogens (tertiary/aromatic N) is 2. The van der Waals surface area contributed by atoms with Crippen LogP contribution in [0.2, 0.25) is 10.2 Å². The standard InChI is InChI=1S/C13H19Cl2N3O2/c1-9(8-18-3-5-20-6-4-18)16-13(19)11-7-10(14)12(15)17(11)2/h7,9H,3-6,8H2,1-2H3,(H,16,19). The van der Waals surface area contributed by atoms with E-state index in [-0.39, 0.29) is 11.9 Å². The fourth-order valence-electron chi connectivity index (χ4n) is 2.27. The molecule has 1 aliphatic rings. The summed E-state index contributed by atoms with van der Waals surface area (Å²) in [5.41, 5.74) is 0.467. The first-order valence-electron chi connectivity index (χ1n) is 6.60. The Bertz CT molecular complexity index is 484. The minimum absolute atomic E-state index is 0.0491. The second-order valence-corrected chi connectivity index (χ2v) is 5.78. The fraction of sp³-hybridized carbons (Fsp3) is 0.615. The number of amides is 1. The number of carbonyl (C=O) groups excluding carboxylic acids is 1. The summed E-state index contributed by atoms with van der Waals surface area (Å²) >= 11 is 11.9. The molecule has 20 heavy (non-hydrogen) atoms. The van der Waals surface area contributed by atoms with Gasteiger partial charge in [-0.1, -0.05) is 23.2 Å². The molecule has 1 N–H and O–H groups in total. The highest BCUT2D eigenvalue weighted by Gasteiger charge is 2.19. The van der Waals surface area contributed by atoms with Crippen molar-refractivity contribution < 1.29 is 9.53 Å². The van der Waals surface area contributed by atoms with Gasteiger partial charge in [-0.05, 0) is 13.0 Å². The summed E-state index contributed by atoms with van der Waals surface area (Å²) in [7, 11) is 1.72. The van der Waals surface area contributed by atoms with E-state index in [1.807, 2.05) is 6.92 Å². The number of ether oxygens (including phenoxy) is 1. The van der Waals surface area contributed by atoms with Crippen LogP contribution >= 0.6 is 23.2 Å². The number of hydrogen-bond donors (Lipinski definition) is 1. The molecule has 1 amide bonds. The first-order chi connectivity index (χ1) is 9.49. The third kappa shape index (κ3) is 3.67. The molecule has 1 fully saturated rings. The zero-order chi connectivity index (χ0) is 14.7. The Hall–Kier alpha value is -0.750. The molecule has 0 saturated carbocycles. The predicted molar refractivity (Wildman–Crippen MR) is 79.6 cm³/mol. The molecule has 5 nitrogen and oxygen atoms in total. The summed E-state index contributed by atoms with van der Waals surface area (Å²) in [5, 5.41) is 3.73. The predicted octanol–water partition coefficient (Wildman–Crippen LogP) is 1.78. The number of halogens is 2. The quantitative estimate of drug-likeness (QED) is 0.920.